The number of rotatable bonds is 5. The summed E-state index contributed by atoms with van der Waals surface area (Å²) in [5.74, 6) is -0.163. The molecule has 0 aliphatic heterocycles. The first-order chi connectivity index (χ1) is 6.22. The third-order valence-electron chi connectivity index (χ3n) is 1.53. The van der Waals surface area contributed by atoms with Crippen LogP contribution in [-0.4, -0.2) is 25.1 Å². The summed E-state index contributed by atoms with van der Waals surface area (Å²) in [6.45, 7) is 2.11. The van der Waals surface area contributed by atoms with E-state index in [1.54, 1.807) is 13.1 Å². The van der Waals surface area contributed by atoms with Crippen molar-refractivity contribution in [3.05, 3.63) is 24.3 Å². The minimum Gasteiger partial charge on any atom is -0.274 e. The number of nitrogens with zero attached hydrogens (tertiary/aromatic N) is 1. The van der Waals surface area contributed by atoms with E-state index in [-0.39, 0.29) is 5.91 Å². The Bertz CT molecular complexity index is 197. The van der Waals surface area contributed by atoms with Crippen LogP contribution in [0.1, 0.15) is 19.8 Å². The van der Waals surface area contributed by atoms with Crippen molar-refractivity contribution in [3.8, 4) is 0 Å². The fourth-order valence-corrected chi connectivity index (χ4v) is 0.674. The highest BCUT2D eigenvalue weighted by Gasteiger charge is 1.99. The first kappa shape index (κ1) is 11.9. The number of unbranched alkanes of at least 4 members (excludes halogenated alkanes) is 1. The summed E-state index contributed by atoms with van der Waals surface area (Å²) in [6.07, 6.45) is 9.24. The number of allylic oxidation sites excluding steroid dienone is 3. The van der Waals surface area contributed by atoms with Crippen molar-refractivity contribution in [2.24, 2.45) is 0 Å². The van der Waals surface area contributed by atoms with Crippen LogP contribution >= 0.6 is 0 Å². The van der Waals surface area contributed by atoms with Gasteiger partial charge in [-0.15, -0.1) is 0 Å². The maximum Gasteiger partial charge on any atom is 0.269 e. The maximum absolute atomic E-state index is 11.1. The van der Waals surface area contributed by atoms with Gasteiger partial charge in [0.2, 0.25) is 0 Å². The molecule has 0 saturated heterocycles. The second kappa shape index (κ2) is 7.55. The molecule has 0 radical (unpaired) electrons. The third kappa shape index (κ3) is 6.11. The summed E-state index contributed by atoms with van der Waals surface area (Å²) in [4.78, 5) is 15.8. The molecule has 74 valence electrons. The topological polar surface area (TPSA) is 29.5 Å². The Morgan fingerprint density at radius 3 is 2.69 bits per heavy atom. The zero-order valence-electron chi connectivity index (χ0n) is 8.49. The Balaban J connectivity index is 3.77. The smallest absolute Gasteiger partial charge is 0.269 e. The lowest BCUT2D eigenvalue weighted by atomic mass is 10.3. The standard InChI is InChI=1S/C10H17NO2/c1-4-5-6-7-8-9-10(12)11(2)13-3/h6-9H,4-5H2,1-3H3/b7-6+,9-8+. The average molecular weight is 183 g/mol. The van der Waals surface area contributed by atoms with E-state index < -0.39 is 0 Å². The first-order valence-corrected chi connectivity index (χ1v) is 4.37. The van der Waals surface area contributed by atoms with Gasteiger partial charge in [0.25, 0.3) is 5.91 Å². The van der Waals surface area contributed by atoms with Crippen LogP contribution in [0.3, 0.4) is 0 Å². The zero-order valence-corrected chi connectivity index (χ0v) is 8.49. The maximum atomic E-state index is 11.1. The monoisotopic (exact) mass is 183 g/mol. The summed E-state index contributed by atoms with van der Waals surface area (Å²) < 4.78 is 0. The van der Waals surface area contributed by atoms with Crippen molar-refractivity contribution >= 4 is 5.91 Å². The van der Waals surface area contributed by atoms with Crippen molar-refractivity contribution < 1.29 is 9.63 Å². The number of carbonyl (C=O) groups excluding carboxylic acids is 1. The highest BCUT2D eigenvalue weighted by Crippen LogP contribution is 1.90. The zero-order chi connectivity index (χ0) is 10.1. The van der Waals surface area contributed by atoms with Crippen LogP contribution in [0.4, 0.5) is 0 Å². The number of likely N-dealkylation sites (N-methyl/N-ethyl adjacent to an activating group) is 1. The molecule has 0 aromatic heterocycles. The predicted molar refractivity (Wildman–Crippen MR) is 53.0 cm³/mol. The van der Waals surface area contributed by atoms with Gasteiger partial charge in [-0.25, -0.2) is 5.06 Å². The molecule has 0 bridgehead atoms. The Hall–Kier alpha value is -1.09. The molecule has 0 aliphatic rings. The van der Waals surface area contributed by atoms with Crippen LogP contribution in [-0.2, 0) is 9.63 Å². The van der Waals surface area contributed by atoms with Gasteiger partial charge in [0, 0.05) is 13.1 Å². The van der Waals surface area contributed by atoms with Crippen LogP contribution in [0.2, 0.25) is 0 Å². The molecule has 0 spiro atoms. The van der Waals surface area contributed by atoms with Crippen LogP contribution in [0, 0.1) is 0 Å². The minimum atomic E-state index is -0.163. The normalized spacial score (nSPS) is 11.3. The Morgan fingerprint density at radius 1 is 1.46 bits per heavy atom. The first-order valence-electron chi connectivity index (χ1n) is 4.37. The van der Waals surface area contributed by atoms with E-state index in [1.807, 2.05) is 12.2 Å². The SMILES string of the molecule is CCC/C=C/C=C/C(=O)N(C)OC. The third-order valence-corrected chi connectivity index (χ3v) is 1.53. The van der Waals surface area contributed by atoms with Crippen LogP contribution in [0.25, 0.3) is 0 Å². The van der Waals surface area contributed by atoms with E-state index in [0.717, 1.165) is 12.8 Å². The summed E-state index contributed by atoms with van der Waals surface area (Å²) in [5.41, 5.74) is 0. The predicted octanol–water partition coefficient (Wildman–Crippen LogP) is 1.92. The van der Waals surface area contributed by atoms with E-state index in [4.69, 9.17) is 4.84 Å². The molecule has 0 unspecified atom stereocenters. The Labute approximate surface area is 79.6 Å². The lowest BCUT2D eigenvalue weighted by Gasteiger charge is -2.09. The molecular formula is C10H17NO2. The largest absolute Gasteiger partial charge is 0.274 e. The Kier molecular flexibility index (Phi) is 6.92. The quantitative estimate of drug-likeness (QED) is 0.370. The van der Waals surface area contributed by atoms with Crippen molar-refractivity contribution in [2.45, 2.75) is 19.8 Å². The van der Waals surface area contributed by atoms with Crippen molar-refractivity contribution in [3.63, 3.8) is 0 Å². The molecular weight excluding hydrogens is 166 g/mol. The van der Waals surface area contributed by atoms with E-state index in [9.17, 15) is 4.79 Å². The number of amides is 1. The van der Waals surface area contributed by atoms with Gasteiger partial charge < -0.3 is 0 Å². The fourth-order valence-electron chi connectivity index (χ4n) is 0.674. The summed E-state index contributed by atoms with van der Waals surface area (Å²) in [6, 6.07) is 0. The van der Waals surface area contributed by atoms with Gasteiger partial charge in [0.15, 0.2) is 0 Å². The highest BCUT2D eigenvalue weighted by atomic mass is 16.7. The van der Waals surface area contributed by atoms with Crippen LogP contribution in [0.15, 0.2) is 24.3 Å². The van der Waals surface area contributed by atoms with Crippen LogP contribution < -0.4 is 0 Å². The lowest BCUT2D eigenvalue weighted by Crippen LogP contribution is -2.22. The van der Waals surface area contributed by atoms with E-state index in [1.165, 1.54) is 18.2 Å². The molecule has 0 aromatic carbocycles. The van der Waals surface area contributed by atoms with Gasteiger partial charge in [-0.1, -0.05) is 31.6 Å². The molecule has 3 nitrogen and oxygen atoms in total. The van der Waals surface area contributed by atoms with E-state index in [0.29, 0.717) is 0 Å². The van der Waals surface area contributed by atoms with Crippen molar-refractivity contribution in [1.82, 2.24) is 5.06 Å². The van der Waals surface area contributed by atoms with Crippen LogP contribution in [0.5, 0.6) is 0 Å². The minimum absolute atomic E-state index is 0.163. The molecule has 0 saturated carbocycles. The summed E-state index contributed by atoms with van der Waals surface area (Å²) in [5, 5.41) is 1.17. The van der Waals surface area contributed by atoms with Gasteiger partial charge in [-0.3, -0.25) is 9.63 Å². The van der Waals surface area contributed by atoms with Gasteiger partial charge in [0.05, 0.1) is 7.11 Å². The molecule has 1 amide bonds. The summed E-state index contributed by atoms with van der Waals surface area (Å²) in [7, 11) is 3.03. The van der Waals surface area contributed by atoms with Crippen molar-refractivity contribution in [1.29, 1.82) is 0 Å². The fraction of sp³-hybridized carbons (Fsp3) is 0.500. The molecule has 0 N–H and O–H groups in total. The second-order valence-corrected chi connectivity index (χ2v) is 2.59. The number of hydrogen-bond acceptors (Lipinski definition) is 2. The van der Waals surface area contributed by atoms with Gasteiger partial charge >= 0.3 is 0 Å². The highest BCUT2D eigenvalue weighted by molar-refractivity contribution is 5.86. The molecule has 0 fully saturated rings. The summed E-state index contributed by atoms with van der Waals surface area (Å²) >= 11 is 0. The average Bonchev–Trinajstić information content (AvgIpc) is 2.16. The molecule has 3 heteroatoms. The van der Waals surface area contributed by atoms with Crippen molar-refractivity contribution in [2.75, 3.05) is 14.2 Å². The van der Waals surface area contributed by atoms with Gasteiger partial charge in [0.1, 0.15) is 0 Å². The van der Waals surface area contributed by atoms with Gasteiger partial charge in [-0.2, -0.15) is 0 Å². The number of carbonyl (C=O) groups is 1. The Morgan fingerprint density at radius 2 is 2.15 bits per heavy atom. The number of hydroxylamine groups is 2. The van der Waals surface area contributed by atoms with Gasteiger partial charge in [-0.05, 0) is 6.42 Å². The number of hydrogen-bond donors (Lipinski definition) is 0. The van der Waals surface area contributed by atoms with E-state index >= 15 is 0 Å². The molecule has 0 atom stereocenters. The lowest BCUT2D eigenvalue weighted by molar-refractivity contribution is -0.162. The molecule has 0 rings (SSSR count). The molecule has 13 heavy (non-hydrogen) atoms. The molecule has 0 aliphatic carbocycles. The molecule has 0 heterocycles. The second-order valence-electron chi connectivity index (χ2n) is 2.59. The molecule has 0 aromatic rings. The van der Waals surface area contributed by atoms with E-state index in [2.05, 4.69) is 6.92 Å².